The van der Waals surface area contributed by atoms with Gasteiger partial charge >= 0.3 is 0 Å². The summed E-state index contributed by atoms with van der Waals surface area (Å²) in [5.74, 6) is 1.85. The number of ether oxygens (including phenoxy) is 1. The van der Waals surface area contributed by atoms with Crippen molar-refractivity contribution in [1.29, 1.82) is 0 Å². The standard InChI is InChI=1S/C25H31N3O2/c1-18(2)25(29)26-15-14-24-27-21-11-5-6-12-22(21)28(24)16-7-8-17-30-23-13-9-10-19(3)20(23)4/h5-6,9-13H,1,7-8,14-17H2,2-4H3,(H,26,29). The van der Waals surface area contributed by atoms with Gasteiger partial charge in [0.15, 0.2) is 0 Å². The van der Waals surface area contributed by atoms with Crippen LogP contribution in [0.1, 0.15) is 36.7 Å². The molecule has 0 atom stereocenters. The highest BCUT2D eigenvalue weighted by Gasteiger charge is 2.11. The number of benzene rings is 2. The first-order valence-corrected chi connectivity index (χ1v) is 10.5. The lowest BCUT2D eigenvalue weighted by Crippen LogP contribution is -2.26. The molecule has 1 amide bonds. The molecule has 0 bridgehead atoms. The Morgan fingerprint density at radius 2 is 1.93 bits per heavy atom. The molecule has 3 rings (SSSR count). The monoisotopic (exact) mass is 405 g/mol. The molecule has 5 nitrogen and oxygen atoms in total. The summed E-state index contributed by atoms with van der Waals surface area (Å²) < 4.78 is 8.25. The second-order valence-electron chi connectivity index (χ2n) is 7.71. The van der Waals surface area contributed by atoms with Crippen LogP contribution >= 0.6 is 0 Å². The number of aryl methyl sites for hydroxylation is 2. The Labute approximate surface area is 178 Å². The molecule has 0 aliphatic carbocycles. The van der Waals surface area contributed by atoms with Gasteiger partial charge in [-0.2, -0.15) is 0 Å². The van der Waals surface area contributed by atoms with Gasteiger partial charge in [0.25, 0.3) is 0 Å². The van der Waals surface area contributed by atoms with Crippen LogP contribution in [0.25, 0.3) is 11.0 Å². The SMILES string of the molecule is C=C(C)C(=O)NCCc1nc2ccccc2n1CCCCOc1cccc(C)c1C. The zero-order chi connectivity index (χ0) is 21.5. The number of fused-ring (bicyclic) bond motifs is 1. The van der Waals surface area contributed by atoms with Crippen LogP contribution in [0, 0.1) is 13.8 Å². The largest absolute Gasteiger partial charge is 0.493 e. The number of rotatable bonds is 10. The minimum Gasteiger partial charge on any atom is -0.493 e. The van der Waals surface area contributed by atoms with Crippen molar-refractivity contribution in [2.24, 2.45) is 0 Å². The number of hydrogen-bond donors (Lipinski definition) is 1. The average molecular weight is 406 g/mol. The van der Waals surface area contributed by atoms with E-state index in [0.29, 0.717) is 25.1 Å². The van der Waals surface area contributed by atoms with Crippen LogP contribution in [0.3, 0.4) is 0 Å². The zero-order valence-corrected chi connectivity index (χ0v) is 18.2. The zero-order valence-electron chi connectivity index (χ0n) is 18.2. The summed E-state index contributed by atoms with van der Waals surface area (Å²) in [7, 11) is 0. The van der Waals surface area contributed by atoms with Crippen LogP contribution in [0.15, 0.2) is 54.6 Å². The minimum absolute atomic E-state index is 0.110. The summed E-state index contributed by atoms with van der Waals surface area (Å²) in [6.45, 7) is 11.7. The first kappa shape index (κ1) is 21.6. The molecule has 1 N–H and O–H groups in total. The third kappa shape index (κ3) is 5.29. The van der Waals surface area contributed by atoms with Gasteiger partial charge in [-0.15, -0.1) is 0 Å². The Bertz CT molecular complexity index is 1040. The fraction of sp³-hybridized carbons (Fsp3) is 0.360. The molecular formula is C25H31N3O2. The molecule has 0 saturated carbocycles. The number of aromatic nitrogens is 2. The van der Waals surface area contributed by atoms with Crippen molar-refractivity contribution in [2.45, 2.75) is 46.6 Å². The van der Waals surface area contributed by atoms with Gasteiger partial charge in [-0.25, -0.2) is 4.98 Å². The molecule has 0 spiro atoms. The van der Waals surface area contributed by atoms with E-state index in [0.717, 1.165) is 42.0 Å². The summed E-state index contributed by atoms with van der Waals surface area (Å²) in [5.41, 5.74) is 5.10. The van der Waals surface area contributed by atoms with Gasteiger partial charge in [0.2, 0.25) is 5.91 Å². The quantitative estimate of drug-likeness (QED) is 0.391. The Balaban J connectivity index is 1.58. The van der Waals surface area contributed by atoms with Crippen molar-refractivity contribution >= 4 is 16.9 Å². The predicted octanol–water partition coefficient (Wildman–Crippen LogP) is 4.75. The molecule has 1 aromatic heterocycles. The Morgan fingerprint density at radius 3 is 2.73 bits per heavy atom. The summed E-state index contributed by atoms with van der Waals surface area (Å²) >= 11 is 0. The Morgan fingerprint density at radius 1 is 1.13 bits per heavy atom. The van der Waals surface area contributed by atoms with Gasteiger partial charge in [0.1, 0.15) is 11.6 Å². The number of amides is 1. The Kier molecular flexibility index (Phi) is 7.28. The number of imidazole rings is 1. The number of para-hydroxylation sites is 2. The van der Waals surface area contributed by atoms with Crippen molar-refractivity contribution in [3.63, 3.8) is 0 Å². The maximum atomic E-state index is 11.7. The van der Waals surface area contributed by atoms with Crippen LogP contribution in [-0.4, -0.2) is 28.6 Å². The third-order valence-electron chi connectivity index (χ3n) is 5.34. The molecule has 3 aromatic rings. The summed E-state index contributed by atoms with van der Waals surface area (Å²) in [6.07, 6.45) is 2.65. The number of hydrogen-bond acceptors (Lipinski definition) is 3. The number of nitrogens with zero attached hydrogens (tertiary/aromatic N) is 2. The van der Waals surface area contributed by atoms with E-state index in [1.807, 2.05) is 30.3 Å². The van der Waals surface area contributed by atoms with Crippen molar-refractivity contribution < 1.29 is 9.53 Å². The van der Waals surface area contributed by atoms with E-state index in [4.69, 9.17) is 9.72 Å². The lowest BCUT2D eigenvalue weighted by atomic mass is 10.1. The molecule has 30 heavy (non-hydrogen) atoms. The van der Waals surface area contributed by atoms with E-state index in [1.54, 1.807) is 6.92 Å². The second kappa shape index (κ2) is 10.1. The van der Waals surface area contributed by atoms with E-state index in [1.165, 1.54) is 11.1 Å². The molecule has 0 radical (unpaired) electrons. The van der Waals surface area contributed by atoms with Crippen LogP contribution in [0.5, 0.6) is 5.75 Å². The van der Waals surface area contributed by atoms with E-state index >= 15 is 0 Å². The molecule has 5 heteroatoms. The lowest BCUT2D eigenvalue weighted by Gasteiger charge is -2.12. The van der Waals surface area contributed by atoms with E-state index in [-0.39, 0.29) is 5.91 Å². The van der Waals surface area contributed by atoms with Crippen molar-refractivity contribution in [1.82, 2.24) is 14.9 Å². The highest BCUT2D eigenvalue weighted by Crippen LogP contribution is 2.21. The minimum atomic E-state index is -0.110. The van der Waals surface area contributed by atoms with Gasteiger partial charge in [-0.3, -0.25) is 4.79 Å². The average Bonchev–Trinajstić information content (AvgIpc) is 3.08. The number of unbranched alkanes of at least 4 members (excludes halogenated alkanes) is 1. The number of carbonyl (C=O) groups is 1. The fourth-order valence-electron chi connectivity index (χ4n) is 3.44. The maximum Gasteiger partial charge on any atom is 0.246 e. The maximum absolute atomic E-state index is 11.7. The van der Waals surface area contributed by atoms with Gasteiger partial charge in [-0.1, -0.05) is 30.8 Å². The van der Waals surface area contributed by atoms with Crippen LogP contribution in [0.4, 0.5) is 0 Å². The van der Waals surface area contributed by atoms with Gasteiger partial charge in [0, 0.05) is 25.1 Å². The number of nitrogens with one attached hydrogen (secondary N) is 1. The predicted molar refractivity (Wildman–Crippen MR) is 122 cm³/mol. The molecule has 0 unspecified atom stereocenters. The highest BCUT2D eigenvalue weighted by molar-refractivity contribution is 5.92. The van der Waals surface area contributed by atoms with Gasteiger partial charge < -0.3 is 14.6 Å². The third-order valence-corrected chi connectivity index (χ3v) is 5.34. The number of carbonyl (C=O) groups excluding carboxylic acids is 1. The first-order chi connectivity index (χ1) is 14.5. The van der Waals surface area contributed by atoms with E-state index in [2.05, 4.69) is 42.4 Å². The van der Waals surface area contributed by atoms with Crippen molar-refractivity contribution in [3.05, 3.63) is 71.6 Å². The fourth-order valence-corrected chi connectivity index (χ4v) is 3.44. The van der Waals surface area contributed by atoms with Crippen LogP contribution < -0.4 is 10.1 Å². The molecule has 1 heterocycles. The van der Waals surface area contributed by atoms with Gasteiger partial charge in [-0.05, 0) is 62.9 Å². The molecule has 0 aliphatic heterocycles. The van der Waals surface area contributed by atoms with Crippen LogP contribution in [-0.2, 0) is 17.8 Å². The molecule has 0 aliphatic rings. The Hall–Kier alpha value is -3.08. The summed E-state index contributed by atoms with van der Waals surface area (Å²) in [5, 5.41) is 2.89. The first-order valence-electron chi connectivity index (χ1n) is 10.5. The van der Waals surface area contributed by atoms with Gasteiger partial charge in [0.05, 0.1) is 17.6 Å². The van der Waals surface area contributed by atoms with Crippen LogP contribution in [0.2, 0.25) is 0 Å². The second-order valence-corrected chi connectivity index (χ2v) is 7.71. The lowest BCUT2D eigenvalue weighted by molar-refractivity contribution is -0.117. The topological polar surface area (TPSA) is 56.2 Å². The molecule has 158 valence electrons. The van der Waals surface area contributed by atoms with E-state index < -0.39 is 0 Å². The summed E-state index contributed by atoms with van der Waals surface area (Å²) in [4.78, 5) is 16.5. The molecule has 0 fully saturated rings. The molecule has 0 saturated heterocycles. The normalized spacial score (nSPS) is 10.9. The summed E-state index contributed by atoms with van der Waals surface area (Å²) in [6, 6.07) is 14.3. The smallest absolute Gasteiger partial charge is 0.246 e. The molecule has 2 aromatic carbocycles. The molecular weight excluding hydrogens is 374 g/mol. The van der Waals surface area contributed by atoms with E-state index in [9.17, 15) is 4.79 Å². The highest BCUT2D eigenvalue weighted by atomic mass is 16.5. The van der Waals surface area contributed by atoms with Crippen molar-refractivity contribution in [2.75, 3.05) is 13.2 Å². The van der Waals surface area contributed by atoms with Crippen molar-refractivity contribution in [3.8, 4) is 5.75 Å².